The number of anilines is 2. The van der Waals surface area contributed by atoms with Crippen molar-refractivity contribution in [2.45, 2.75) is 6.18 Å². The van der Waals surface area contributed by atoms with Gasteiger partial charge in [-0.15, -0.1) is 0 Å². The number of nitrogens with one attached hydrogen (secondary N) is 2. The summed E-state index contributed by atoms with van der Waals surface area (Å²) in [5, 5.41) is 13.9. The molecule has 2 aromatic carbocycles. The van der Waals surface area contributed by atoms with Gasteiger partial charge in [-0.05, 0) is 42.0 Å². The lowest BCUT2D eigenvalue weighted by molar-refractivity contribution is -0.167. The van der Waals surface area contributed by atoms with Gasteiger partial charge in [-0.3, -0.25) is 9.59 Å². The highest BCUT2D eigenvalue weighted by Gasteiger charge is 2.38. The lowest BCUT2D eigenvalue weighted by Gasteiger charge is -2.09. The van der Waals surface area contributed by atoms with Crippen molar-refractivity contribution >= 4 is 52.5 Å². The van der Waals surface area contributed by atoms with Gasteiger partial charge in [-0.1, -0.05) is 35.3 Å². The highest BCUT2D eigenvalue weighted by atomic mass is 35.5. The van der Waals surface area contributed by atoms with Crippen LogP contribution in [0.4, 0.5) is 24.5 Å². The average molecular weight is 428 g/mol. The number of rotatable bonds is 4. The van der Waals surface area contributed by atoms with E-state index in [0.29, 0.717) is 0 Å². The maximum Gasteiger partial charge on any atom is 0.471 e. The highest BCUT2D eigenvalue weighted by molar-refractivity contribution is 6.35. The second-order valence-corrected chi connectivity index (χ2v) is 6.23. The lowest BCUT2D eigenvalue weighted by Crippen LogP contribution is -2.29. The van der Waals surface area contributed by atoms with Crippen molar-refractivity contribution < 1.29 is 22.8 Å². The standard InChI is InChI=1S/C18H10Cl2F3N3O2/c19-12-6-13(20)8-15(7-12)25-16(27)11(9-24)4-10-2-1-3-14(5-10)26-17(28)18(21,22)23/h1-8H,(H,25,27)(H,26,28)/b11-4+. The van der Waals surface area contributed by atoms with Crippen molar-refractivity contribution in [3.63, 3.8) is 0 Å². The van der Waals surface area contributed by atoms with Crippen LogP contribution in [0.1, 0.15) is 5.56 Å². The number of carbonyl (C=O) groups is 2. The van der Waals surface area contributed by atoms with E-state index < -0.39 is 18.0 Å². The van der Waals surface area contributed by atoms with Crippen LogP contribution in [-0.4, -0.2) is 18.0 Å². The summed E-state index contributed by atoms with van der Waals surface area (Å²) in [6, 6.07) is 11.2. The Balaban J connectivity index is 2.22. The Morgan fingerprint density at radius 3 is 2.21 bits per heavy atom. The topological polar surface area (TPSA) is 82.0 Å². The highest BCUT2D eigenvalue weighted by Crippen LogP contribution is 2.23. The molecule has 0 atom stereocenters. The van der Waals surface area contributed by atoms with E-state index in [9.17, 15) is 28.0 Å². The first kappa shape index (κ1) is 21.3. The summed E-state index contributed by atoms with van der Waals surface area (Å²) in [5.41, 5.74) is 0.0245. The predicted molar refractivity (Wildman–Crippen MR) is 99.8 cm³/mol. The van der Waals surface area contributed by atoms with E-state index >= 15 is 0 Å². The first-order valence-electron chi connectivity index (χ1n) is 7.46. The molecule has 2 aromatic rings. The third-order valence-corrected chi connectivity index (χ3v) is 3.63. The maximum atomic E-state index is 12.3. The zero-order valence-corrected chi connectivity index (χ0v) is 15.3. The van der Waals surface area contributed by atoms with Gasteiger partial charge in [0.05, 0.1) is 0 Å². The second kappa shape index (κ2) is 8.78. The van der Waals surface area contributed by atoms with Gasteiger partial charge in [0.15, 0.2) is 0 Å². The summed E-state index contributed by atoms with van der Waals surface area (Å²) < 4.78 is 37.0. The van der Waals surface area contributed by atoms with Crippen LogP contribution in [0.25, 0.3) is 6.08 Å². The second-order valence-electron chi connectivity index (χ2n) is 5.36. The van der Waals surface area contributed by atoms with Crippen molar-refractivity contribution in [3.05, 3.63) is 63.6 Å². The molecular weight excluding hydrogens is 418 g/mol. The van der Waals surface area contributed by atoms with Crippen LogP contribution >= 0.6 is 23.2 Å². The van der Waals surface area contributed by atoms with E-state index in [2.05, 4.69) is 5.32 Å². The number of hydrogen-bond donors (Lipinski definition) is 2. The van der Waals surface area contributed by atoms with Crippen LogP contribution in [-0.2, 0) is 9.59 Å². The van der Waals surface area contributed by atoms with E-state index in [-0.39, 0.29) is 32.6 Å². The van der Waals surface area contributed by atoms with Crippen LogP contribution in [0.5, 0.6) is 0 Å². The van der Waals surface area contributed by atoms with E-state index in [0.717, 1.165) is 6.08 Å². The minimum atomic E-state index is -5.04. The van der Waals surface area contributed by atoms with Crippen molar-refractivity contribution in [1.29, 1.82) is 5.26 Å². The Kier molecular flexibility index (Phi) is 6.67. The van der Waals surface area contributed by atoms with Gasteiger partial charge in [0.1, 0.15) is 11.6 Å². The number of nitrogens with zero attached hydrogens (tertiary/aromatic N) is 1. The number of amides is 2. The number of hydrogen-bond acceptors (Lipinski definition) is 3. The smallest absolute Gasteiger partial charge is 0.321 e. The Morgan fingerprint density at radius 1 is 1.00 bits per heavy atom. The molecule has 10 heteroatoms. The first-order valence-corrected chi connectivity index (χ1v) is 8.21. The Labute approximate surface area is 167 Å². The molecule has 0 spiro atoms. The number of benzene rings is 2. The molecule has 0 unspecified atom stereocenters. The molecule has 0 fully saturated rings. The Bertz CT molecular complexity index is 978. The van der Waals surface area contributed by atoms with E-state index in [1.54, 1.807) is 11.4 Å². The summed E-state index contributed by atoms with van der Waals surface area (Å²) in [6.45, 7) is 0. The molecule has 0 bridgehead atoms. The van der Waals surface area contributed by atoms with E-state index in [1.165, 1.54) is 42.5 Å². The molecule has 28 heavy (non-hydrogen) atoms. The average Bonchev–Trinajstić information content (AvgIpc) is 2.58. The summed E-state index contributed by atoms with van der Waals surface area (Å²) in [7, 11) is 0. The molecule has 0 radical (unpaired) electrons. The minimum absolute atomic E-state index is 0.143. The molecule has 0 aliphatic carbocycles. The lowest BCUT2D eigenvalue weighted by atomic mass is 10.1. The fourth-order valence-corrected chi connectivity index (χ4v) is 2.57. The van der Waals surface area contributed by atoms with Gasteiger partial charge >= 0.3 is 12.1 Å². The van der Waals surface area contributed by atoms with Gasteiger partial charge < -0.3 is 10.6 Å². The van der Waals surface area contributed by atoms with Crippen LogP contribution in [0, 0.1) is 11.3 Å². The molecule has 5 nitrogen and oxygen atoms in total. The molecule has 0 aliphatic rings. The molecule has 0 aliphatic heterocycles. The molecule has 2 rings (SSSR count). The van der Waals surface area contributed by atoms with Gasteiger partial charge in [-0.2, -0.15) is 18.4 Å². The summed E-state index contributed by atoms with van der Waals surface area (Å²) >= 11 is 11.7. The number of halogens is 5. The quantitative estimate of drug-likeness (QED) is 0.529. The van der Waals surface area contributed by atoms with Crippen LogP contribution in [0.2, 0.25) is 10.0 Å². The van der Waals surface area contributed by atoms with Crippen molar-refractivity contribution in [2.24, 2.45) is 0 Å². The fourth-order valence-electron chi connectivity index (χ4n) is 2.05. The van der Waals surface area contributed by atoms with Gasteiger partial charge in [0.25, 0.3) is 5.91 Å². The van der Waals surface area contributed by atoms with Crippen molar-refractivity contribution in [2.75, 3.05) is 10.6 Å². The van der Waals surface area contributed by atoms with Crippen molar-refractivity contribution in [3.8, 4) is 6.07 Å². The molecule has 0 saturated heterocycles. The summed E-state index contributed by atoms with van der Waals surface area (Å²) in [5.74, 6) is -2.91. The summed E-state index contributed by atoms with van der Waals surface area (Å²) in [6.07, 6.45) is -3.88. The number of nitriles is 1. The molecule has 2 amide bonds. The van der Waals surface area contributed by atoms with E-state index in [1.807, 2.05) is 0 Å². The minimum Gasteiger partial charge on any atom is -0.321 e. The van der Waals surface area contributed by atoms with Gasteiger partial charge in [-0.25, -0.2) is 0 Å². The van der Waals surface area contributed by atoms with E-state index in [4.69, 9.17) is 23.2 Å². The maximum absolute atomic E-state index is 12.3. The monoisotopic (exact) mass is 427 g/mol. The number of alkyl halides is 3. The zero-order chi connectivity index (χ0) is 20.9. The summed E-state index contributed by atoms with van der Waals surface area (Å²) in [4.78, 5) is 23.3. The predicted octanol–water partition coefficient (Wildman–Crippen LogP) is 5.04. The largest absolute Gasteiger partial charge is 0.471 e. The van der Waals surface area contributed by atoms with Gasteiger partial charge in [0.2, 0.25) is 0 Å². The molecular formula is C18H10Cl2F3N3O2. The molecule has 0 heterocycles. The van der Waals surface area contributed by atoms with Crippen LogP contribution in [0.15, 0.2) is 48.0 Å². The third kappa shape index (κ3) is 6.01. The third-order valence-electron chi connectivity index (χ3n) is 3.20. The van der Waals surface area contributed by atoms with Crippen LogP contribution < -0.4 is 10.6 Å². The van der Waals surface area contributed by atoms with Crippen molar-refractivity contribution in [1.82, 2.24) is 0 Å². The van der Waals surface area contributed by atoms with Crippen LogP contribution in [0.3, 0.4) is 0 Å². The molecule has 0 saturated carbocycles. The molecule has 2 N–H and O–H groups in total. The Morgan fingerprint density at radius 2 is 1.64 bits per heavy atom. The zero-order valence-electron chi connectivity index (χ0n) is 13.8. The SMILES string of the molecule is N#C/C(=C\c1cccc(NC(=O)C(F)(F)F)c1)C(=O)Nc1cc(Cl)cc(Cl)c1. The van der Waals surface area contributed by atoms with Gasteiger partial charge in [0, 0.05) is 21.4 Å². The fraction of sp³-hybridized carbons (Fsp3) is 0.0556. The normalized spacial score (nSPS) is 11.5. The Hall–Kier alpha value is -3.02. The molecule has 0 aromatic heterocycles. The molecule has 144 valence electrons. The number of carbonyl (C=O) groups excluding carboxylic acids is 2. The first-order chi connectivity index (χ1) is 13.1.